The Morgan fingerprint density at radius 2 is 1.94 bits per heavy atom. The summed E-state index contributed by atoms with van der Waals surface area (Å²) in [6, 6.07) is 12.1. The van der Waals surface area contributed by atoms with E-state index in [2.05, 4.69) is 14.7 Å². The Hall–Kier alpha value is -2.48. The van der Waals surface area contributed by atoms with Crippen LogP contribution in [0.3, 0.4) is 0 Å². The standard InChI is InChI=1S/C17H24N4O3S.C2HF3O2/c1-25(22,23)19-11-17-13-20(12-16-7-8-18-21(16)17)9-10-24-14-15-5-3-2-4-6-15;3-2(4,5)1(6)7/h2-8,17,19H,9-14H2,1H3;(H,6,7). The van der Waals surface area contributed by atoms with Crippen molar-refractivity contribution in [2.24, 2.45) is 0 Å². The summed E-state index contributed by atoms with van der Waals surface area (Å²) >= 11 is 0. The van der Waals surface area contributed by atoms with Crippen LogP contribution in [-0.2, 0) is 32.7 Å². The molecule has 178 valence electrons. The van der Waals surface area contributed by atoms with Crippen molar-refractivity contribution in [1.29, 1.82) is 0 Å². The predicted molar refractivity (Wildman–Crippen MR) is 109 cm³/mol. The summed E-state index contributed by atoms with van der Waals surface area (Å²) in [6.07, 6.45) is -2.15. The van der Waals surface area contributed by atoms with Crippen LogP contribution in [0.15, 0.2) is 42.6 Å². The Morgan fingerprint density at radius 1 is 1.28 bits per heavy atom. The van der Waals surface area contributed by atoms with Crippen molar-refractivity contribution in [3.05, 3.63) is 53.9 Å². The number of benzene rings is 1. The van der Waals surface area contributed by atoms with Crippen LogP contribution in [0.2, 0.25) is 0 Å². The molecule has 0 bridgehead atoms. The molecule has 1 unspecified atom stereocenters. The van der Waals surface area contributed by atoms with E-state index in [9.17, 15) is 21.6 Å². The van der Waals surface area contributed by atoms with Gasteiger partial charge in [-0.25, -0.2) is 17.9 Å². The van der Waals surface area contributed by atoms with E-state index in [1.807, 2.05) is 41.1 Å². The first kappa shape index (κ1) is 25.8. The molecule has 9 nitrogen and oxygen atoms in total. The van der Waals surface area contributed by atoms with Crippen molar-refractivity contribution < 1.29 is 36.2 Å². The van der Waals surface area contributed by atoms with Crippen molar-refractivity contribution in [3.63, 3.8) is 0 Å². The Morgan fingerprint density at radius 3 is 2.53 bits per heavy atom. The van der Waals surface area contributed by atoms with Crippen LogP contribution < -0.4 is 4.72 Å². The lowest BCUT2D eigenvalue weighted by Crippen LogP contribution is -2.43. The minimum Gasteiger partial charge on any atom is -0.475 e. The zero-order valence-electron chi connectivity index (χ0n) is 17.3. The highest BCUT2D eigenvalue weighted by atomic mass is 32.2. The highest BCUT2D eigenvalue weighted by molar-refractivity contribution is 7.88. The average molecular weight is 478 g/mol. The first-order valence-corrected chi connectivity index (χ1v) is 11.5. The van der Waals surface area contributed by atoms with E-state index in [0.29, 0.717) is 19.8 Å². The first-order valence-electron chi connectivity index (χ1n) is 9.57. The fourth-order valence-electron chi connectivity index (χ4n) is 2.99. The number of hydrogen-bond donors (Lipinski definition) is 2. The van der Waals surface area contributed by atoms with Gasteiger partial charge in [0.05, 0.1) is 31.2 Å². The molecule has 1 atom stereocenters. The zero-order chi connectivity index (χ0) is 23.8. The maximum atomic E-state index is 11.4. The third-order valence-corrected chi connectivity index (χ3v) is 5.13. The monoisotopic (exact) mass is 478 g/mol. The van der Waals surface area contributed by atoms with Crippen LogP contribution in [0.4, 0.5) is 13.2 Å². The lowest BCUT2D eigenvalue weighted by Gasteiger charge is -2.33. The normalized spacial score (nSPS) is 16.7. The first-order chi connectivity index (χ1) is 15.0. The van der Waals surface area contributed by atoms with Crippen LogP contribution >= 0.6 is 0 Å². The predicted octanol–water partition coefficient (Wildman–Crippen LogP) is 1.64. The molecule has 2 aromatic rings. The number of hydrogen-bond acceptors (Lipinski definition) is 6. The maximum Gasteiger partial charge on any atom is 0.490 e. The number of fused-ring (bicyclic) bond motifs is 1. The molecule has 2 heterocycles. The van der Waals surface area contributed by atoms with Crippen LogP contribution in [0, 0.1) is 0 Å². The van der Waals surface area contributed by atoms with Crippen LogP contribution in [-0.4, -0.2) is 72.8 Å². The third kappa shape index (κ3) is 8.94. The molecule has 0 saturated heterocycles. The molecule has 1 aliphatic rings. The van der Waals surface area contributed by atoms with E-state index >= 15 is 0 Å². The van der Waals surface area contributed by atoms with Crippen LogP contribution in [0.1, 0.15) is 17.3 Å². The molecule has 1 aromatic heterocycles. The Balaban J connectivity index is 0.000000451. The lowest BCUT2D eigenvalue weighted by atomic mass is 10.2. The van der Waals surface area contributed by atoms with Gasteiger partial charge in [-0.05, 0) is 11.6 Å². The summed E-state index contributed by atoms with van der Waals surface area (Å²) in [5, 5.41) is 11.5. The highest BCUT2D eigenvalue weighted by Gasteiger charge is 2.38. The van der Waals surface area contributed by atoms with Gasteiger partial charge in [-0.15, -0.1) is 0 Å². The summed E-state index contributed by atoms with van der Waals surface area (Å²) in [6.45, 7) is 3.92. The maximum absolute atomic E-state index is 11.4. The number of halogens is 3. The third-order valence-electron chi connectivity index (χ3n) is 4.44. The number of carboxylic acids is 1. The molecule has 0 spiro atoms. The number of carboxylic acid groups (broad SMARTS) is 1. The highest BCUT2D eigenvalue weighted by Crippen LogP contribution is 2.19. The minimum absolute atomic E-state index is 0.0115. The topological polar surface area (TPSA) is 114 Å². The molecule has 0 aliphatic carbocycles. The average Bonchev–Trinajstić information content (AvgIpc) is 3.18. The number of nitrogens with zero attached hydrogens (tertiary/aromatic N) is 3. The van der Waals surface area contributed by atoms with E-state index in [0.717, 1.165) is 30.9 Å². The largest absolute Gasteiger partial charge is 0.490 e. The summed E-state index contributed by atoms with van der Waals surface area (Å²) in [7, 11) is -3.21. The van der Waals surface area contributed by atoms with E-state index in [1.54, 1.807) is 6.20 Å². The second-order valence-electron chi connectivity index (χ2n) is 7.12. The molecule has 1 aromatic carbocycles. The van der Waals surface area contributed by atoms with E-state index in [-0.39, 0.29) is 6.04 Å². The van der Waals surface area contributed by atoms with E-state index in [1.165, 1.54) is 6.26 Å². The second kappa shape index (κ2) is 11.4. The summed E-state index contributed by atoms with van der Waals surface area (Å²) in [5.74, 6) is -2.76. The van der Waals surface area contributed by atoms with Crippen molar-refractivity contribution in [2.45, 2.75) is 25.4 Å². The molecule has 13 heteroatoms. The van der Waals surface area contributed by atoms with Crippen LogP contribution in [0.25, 0.3) is 0 Å². The summed E-state index contributed by atoms with van der Waals surface area (Å²) < 4.78 is 64.8. The van der Waals surface area contributed by atoms with Gasteiger partial charge in [-0.1, -0.05) is 30.3 Å². The van der Waals surface area contributed by atoms with Crippen molar-refractivity contribution in [3.8, 4) is 0 Å². The second-order valence-corrected chi connectivity index (χ2v) is 8.95. The van der Waals surface area contributed by atoms with E-state index < -0.39 is 22.2 Å². The molecular formula is C19H25F3N4O5S. The van der Waals surface area contributed by atoms with Crippen molar-refractivity contribution in [2.75, 3.05) is 32.5 Å². The van der Waals surface area contributed by atoms with Gasteiger partial charge in [0.15, 0.2) is 0 Å². The van der Waals surface area contributed by atoms with Crippen molar-refractivity contribution in [1.82, 2.24) is 19.4 Å². The molecule has 3 rings (SSSR count). The smallest absolute Gasteiger partial charge is 0.475 e. The van der Waals surface area contributed by atoms with Gasteiger partial charge in [0.1, 0.15) is 0 Å². The molecule has 0 saturated carbocycles. The molecular weight excluding hydrogens is 453 g/mol. The zero-order valence-corrected chi connectivity index (χ0v) is 18.1. The minimum atomic E-state index is -5.08. The number of aliphatic carboxylic acids is 1. The molecule has 1 aliphatic heterocycles. The molecule has 32 heavy (non-hydrogen) atoms. The Kier molecular flexibility index (Phi) is 9.19. The fraction of sp³-hybridized carbons (Fsp3) is 0.474. The van der Waals surface area contributed by atoms with Gasteiger partial charge in [-0.2, -0.15) is 18.3 Å². The van der Waals surface area contributed by atoms with Crippen molar-refractivity contribution >= 4 is 16.0 Å². The number of sulfonamides is 1. The number of rotatable bonds is 8. The lowest BCUT2D eigenvalue weighted by molar-refractivity contribution is -0.192. The van der Waals surface area contributed by atoms with Gasteiger partial charge in [0.25, 0.3) is 0 Å². The van der Waals surface area contributed by atoms with E-state index in [4.69, 9.17) is 14.6 Å². The van der Waals surface area contributed by atoms with Crippen LogP contribution in [0.5, 0.6) is 0 Å². The number of carbonyl (C=O) groups is 1. The number of aromatic nitrogens is 2. The molecule has 2 N–H and O–H groups in total. The Bertz CT molecular complexity index is 967. The summed E-state index contributed by atoms with van der Waals surface area (Å²) in [4.78, 5) is 11.2. The molecule has 0 amide bonds. The van der Waals surface area contributed by atoms with Gasteiger partial charge in [-0.3, -0.25) is 9.58 Å². The molecule has 0 fully saturated rings. The molecule has 0 radical (unpaired) electrons. The summed E-state index contributed by atoms with van der Waals surface area (Å²) in [5.41, 5.74) is 2.25. The quantitative estimate of drug-likeness (QED) is 0.555. The number of nitrogens with one attached hydrogen (secondary N) is 1. The SMILES string of the molecule is CS(=O)(=O)NCC1CN(CCOCc2ccccc2)Cc2ccnn21.O=C(O)C(F)(F)F. The van der Waals surface area contributed by atoms with Gasteiger partial charge < -0.3 is 9.84 Å². The number of alkyl halides is 3. The van der Waals surface area contributed by atoms with Gasteiger partial charge >= 0.3 is 12.1 Å². The van der Waals surface area contributed by atoms with Gasteiger partial charge in [0, 0.05) is 32.4 Å². The van der Waals surface area contributed by atoms with Gasteiger partial charge in [0.2, 0.25) is 10.0 Å². The fourth-order valence-corrected chi connectivity index (χ4v) is 3.49. The number of ether oxygens (including phenoxy) is 1. The Labute approximate surface area is 183 Å².